The van der Waals surface area contributed by atoms with E-state index in [4.69, 9.17) is 4.74 Å². The van der Waals surface area contributed by atoms with E-state index in [2.05, 4.69) is 19.9 Å². The maximum Gasteiger partial charge on any atom is 0.315 e. The first-order valence-electron chi connectivity index (χ1n) is 10.4. The zero-order chi connectivity index (χ0) is 17.6. The Bertz CT molecular complexity index is 551. The highest BCUT2D eigenvalue weighted by atomic mass is 16.6. The second kappa shape index (κ2) is 6.70. The predicted octanol–water partition coefficient (Wildman–Crippen LogP) is 1.73. The smallest absolute Gasteiger partial charge is 0.315 e. The number of aliphatic hydroxyl groups is 1. The molecule has 0 radical (unpaired) electrons. The van der Waals surface area contributed by atoms with Crippen LogP contribution in [0.25, 0.3) is 0 Å². The number of fused-ring (bicyclic) bond motifs is 2. The number of hydrogen-bond donors (Lipinski definition) is 2. The second-order valence-electron chi connectivity index (χ2n) is 9.17. The third-order valence-corrected chi connectivity index (χ3v) is 7.89. The van der Waals surface area contributed by atoms with Crippen LogP contribution in [-0.2, 0) is 9.53 Å². The first-order valence-corrected chi connectivity index (χ1v) is 10.4. The zero-order valence-electron chi connectivity index (χ0n) is 15.8. The van der Waals surface area contributed by atoms with Crippen molar-refractivity contribution < 1.29 is 19.5 Å². The Balaban J connectivity index is 1.57. The van der Waals surface area contributed by atoms with Crippen molar-refractivity contribution in [3.05, 3.63) is 11.6 Å². The lowest BCUT2D eigenvalue weighted by molar-refractivity contribution is -0.902. The molecule has 0 bridgehead atoms. The highest BCUT2D eigenvalue weighted by Crippen LogP contribution is 2.55. The Hall–Kier alpha value is -0.870. The fourth-order valence-corrected chi connectivity index (χ4v) is 6.04. The van der Waals surface area contributed by atoms with E-state index in [1.54, 1.807) is 0 Å². The van der Waals surface area contributed by atoms with Gasteiger partial charge in [0.25, 0.3) is 0 Å². The largest absolute Gasteiger partial charge is 0.461 e. The summed E-state index contributed by atoms with van der Waals surface area (Å²) in [5.74, 6) is 0.262. The lowest BCUT2D eigenvalue weighted by Crippen LogP contribution is -3.12. The minimum atomic E-state index is -0.462. The minimum absolute atomic E-state index is 0.0223. The fraction of sp³-hybridized carbons (Fsp3) is 0.857. The summed E-state index contributed by atoms with van der Waals surface area (Å²) < 4.78 is 5.80. The molecule has 4 heteroatoms. The number of nitrogens with one attached hydrogen (secondary N) is 1. The van der Waals surface area contributed by atoms with Gasteiger partial charge in [-0.15, -0.1) is 0 Å². The quantitative estimate of drug-likeness (QED) is 0.590. The van der Waals surface area contributed by atoms with Gasteiger partial charge in [0, 0.05) is 17.8 Å². The molecule has 1 saturated carbocycles. The van der Waals surface area contributed by atoms with Gasteiger partial charge in [-0.25, -0.2) is 0 Å². The van der Waals surface area contributed by atoms with Crippen molar-refractivity contribution in [2.45, 2.75) is 71.0 Å². The van der Waals surface area contributed by atoms with E-state index >= 15 is 0 Å². The molecular weight excluding hydrogens is 314 g/mol. The summed E-state index contributed by atoms with van der Waals surface area (Å²) in [5.41, 5.74) is 1.15. The molecule has 2 aliphatic carbocycles. The van der Waals surface area contributed by atoms with Crippen molar-refractivity contribution in [3.63, 3.8) is 0 Å². The van der Waals surface area contributed by atoms with Crippen molar-refractivity contribution in [2.24, 2.45) is 23.2 Å². The molecule has 0 aromatic carbocycles. The molecular formula is C21H34NO3+. The van der Waals surface area contributed by atoms with Gasteiger partial charge in [-0.1, -0.05) is 25.5 Å². The third kappa shape index (κ3) is 2.86. The molecule has 25 heavy (non-hydrogen) atoms. The number of hydrogen-bond acceptors (Lipinski definition) is 3. The number of ether oxygens (including phenoxy) is 1. The van der Waals surface area contributed by atoms with E-state index < -0.39 is 6.10 Å². The van der Waals surface area contributed by atoms with Crippen LogP contribution in [-0.4, -0.2) is 42.9 Å². The van der Waals surface area contributed by atoms with Crippen LogP contribution in [0.3, 0.4) is 0 Å². The zero-order valence-corrected chi connectivity index (χ0v) is 15.8. The van der Waals surface area contributed by atoms with Crippen molar-refractivity contribution in [3.8, 4) is 0 Å². The molecule has 3 fully saturated rings. The lowest BCUT2D eigenvalue weighted by atomic mass is 9.55. The summed E-state index contributed by atoms with van der Waals surface area (Å²) in [5, 5.41) is 11.4. The summed E-state index contributed by atoms with van der Waals surface area (Å²) in [6, 6.07) is 0. The molecule has 2 aliphatic heterocycles. The molecule has 4 aliphatic rings. The number of aliphatic hydroxyl groups excluding tert-OH is 1. The monoisotopic (exact) mass is 348 g/mol. The van der Waals surface area contributed by atoms with E-state index in [0.29, 0.717) is 5.92 Å². The van der Waals surface area contributed by atoms with Crippen LogP contribution in [0.5, 0.6) is 0 Å². The number of carbonyl (C=O) groups excluding carboxylic acids is 1. The van der Waals surface area contributed by atoms with Crippen LogP contribution in [0, 0.1) is 23.2 Å². The second-order valence-corrected chi connectivity index (χ2v) is 9.17. The molecule has 4 nitrogen and oxygen atoms in total. The van der Waals surface area contributed by atoms with Crippen LogP contribution < -0.4 is 4.90 Å². The Labute approximate surface area is 151 Å². The molecule has 0 aromatic heterocycles. The number of rotatable bonds is 2. The molecule has 0 unspecified atom stereocenters. The minimum Gasteiger partial charge on any atom is -0.461 e. The lowest BCUT2D eigenvalue weighted by Gasteiger charge is -2.51. The van der Waals surface area contributed by atoms with Gasteiger partial charge in [0.2, 0.25) is 0 Å². The van der Waals surface area contributed by atoms with Gasteiger partial charge >= 0.3 is 5.97 Å². The maximum atomic E-state index is 12.7. The molecule has 2 saturated heterocycles. The molecule has 0 spiro atoms. The Kier molecular flexibility index (Phi) is 4.70. The van der Waals surface area contributed by atoms with Crippen LogP contribution in [0.2, 0.25) is 0 Å². The molecule has 0 amide bonds. The average molecular weight is 349 g/mol. The Morgan fingerprint density at radius 3 is 2.72 bits per heavy atom. The van der Waals surface area contributed by atoms with Gasteiger partial charge in [-0.3, -0.25) is 4.79 Å². The number of carbonyl (C=O) groups is 1. The predicted molar refractivity (Wildman–Crippen MR) is 96.1 cm³/mol. The summed E-state index contributed by atoms with van der Waals surface area (Å²) >= 11 is 0. The van der Waals surface area contributed by atoms with Gasteiger partial charge in [-0.05, 0) is 44.4 Å². The standard InChI is InChI=1S/C21H33NO3/c1-14-8-7-9-15-12-17-18(19(23)21(14,15)2)16(20(24)25-17)13-22-10-5-3-4-6-11-22/h9,14,16-19,23H,3-8,10-13H2,1-2H3/p+1/t14-,16+,17-,18-,19+,21-/m1/s1. The van der Waals surface area contributed by atoms with Crippen LogP contribution >= 0.6 is 0 Å². The van der Waals surface area contributed by atoms with E-state index in [-0.39, 0.29) is 29.3 Å². The number of allylic oxidation sites excluding steroid dienone is 1. The van der Waals surface area contributed by atoms with E-state index in [0.717, 1.165) is 38.9 Å². The Morgan fingerprint density at radius 2 is 2.00 bits per heavy atom. The van der Waals surface area contributed by atoms with Crippen molar-refractivity contribution in [1.82, 2.24) is 0 Å². The number of quaternary nitrogens is 1. The van der Waals surface area contributed by atoms with Crippen LogP contribution in [0.4, 0.5) is 0 Å². The van der Waals surface area contributed by atoms with E-state index in [1.807, 2.05) is 0 Å². The summed E-state index contributed by atoms with van der Waals surface area (Å²) in [6.45, 7) is 7.66. The summed E-state index contributed by atoms with van der Waals surface area (Å²) in [6.07, 6.45) is 9.94. The van der Waals surface area contributed by atoms with E-state index in [9.17, 15) is 9.90 Å². The van der Waals surface area contributed by atoms with Crippen molar-refractivity contribution in [2.75, 3.05) is 19.6 Å². The van der Waals surface area contributed by atoms with E-state index in [1.165, 1.54) is 36.2 Å². The molecule has 2 N–H and O–H groups in total. The highest BCUT2D eigenvalue weighted by Gasteiger charge is 2.60. The van der Waals surface area contributed by atoms with Gasteiger partial charge in [-0.2, -0.15) is 0 Å². The van der Waals surface area contributed by atoms with Gasteiger partial charge in [0.05, 0.1) is 25.7 Å². The SMILES string of the molecule is C[C@@H]1CCC=C2C[C@H]3OC(=O)[C@@H](C[NH+]4CCCCCC4)[C@H]3[C@H](O)[C@@]21C. The molecule has 0 aromatic rings. The normalized spacial score (nSPS) is 45.2. The van der Waals surface area contributed by atoms with Gasteiger partial charge in [0.15, 0.2) is 0 Å². The van der Waals surface area contributed by atoms with Crippen LogP contribution in [0.15, 0.2) is 11.6 Å². The highest BCUT2D eigenvalue weighted by molar-refractivity contribution is 5.76. The molecule has 2 heterocycles. The fourth-order valence-electron chi connectivity index (χ4n) is 6.04. The first-order chi connectivity index (χ1) is 12.0. The molecule has 140 valence electrons. The Morgan fingerprint density at radius 1 is 1.28 bits per heavy atom. The topological polar surface area (TPSA) is 51.0 Å². The molecule has 4 rings (SSSR count). The average Bonchev–Trinajstić information content (AvgIpc) is 2.76. The van der Waals surface area contributed by atoms with Crippen LogP contribution in [0.1, 0.15) is 58.8 Å². The summed E-state index contributed by atoms with van der Waals surface area (Å²) in [7, 11) is 0. The first kappa shape index (κ1) is 17.5. The van der Waals surface area contributed by atoms with Crippen molar-refractivity contribution in [1.29, 1.82) is 0 Å². The molecule has 6 atom stereocenters. The summed E-state index contributed by atoms with van der Waals surface area (Å²) in [4.78, 5) is 14.2. The van der Waals surface area contributed by atoms with Gasteiger partial charge in [0.1, 0.15) is 12.0 Å². The third-order valence-electron chi connectivity index (χ3n) is 7.89. The van der Waals surface area contributed by atoms with Gasteiger partial charge < -0.3 is 14.7 Å². The number of esters is 1. The van der Waals surface area contributed by atoms with Crippen molar-refractivity contribution >= 4 is 5.97 Å². The maximum absolute atomic E-state index is 12.7. The number of likely N-dealkylation sites (tertiary alicyclic amines) is 1.